The lowest BCUT2D eigenvalue weighted by Crippen LogP contribution is -2.11. The van der Waals surface area contributed by atoms with Crippen molar-refractivity contribution in [3.8, 4) is 5.75 Å². The van der Waals surface area contributed by atoms with E-state index >= 15 is 0 Å². The van der Waals surface area contributed by atoms with E-state index in [1.165, 1.54) is 18.2 Å². The van der Waals surface area contributed by atoms with Gasteiger partial charge in [-0.25, -0.2) is 4.39 Å². The zero-order valence-electron chi connectivity index (χ0n) is 9.63. The summed E-state index contributed by atoms with van der Waals surface area (Å²) < 4.78 is 53.8. The normalized spacial score (nSPS) is 13.4. The molecule has 0 heterocycles. The van der Waals surface area contributed by atoms with Crippen molar-refractivity contribution < 1.29 is 22.3 Å². The van der Waals surface area contributed by atoms with Crippen LogP contribution in [0.2, 0.25) is 0 Å². The molecule has 1 rings (SSSR count). The van der Waals surface area contributed by atoms with Crippen LogP contribution >= 0.6 is 11.8 Å². The molecule has 2 N–H and O–H groups in total. The highest BCUT2D eigenvalue weighted by Gasteiger charge is 2.27. The number of nitrogens with two attached hydrogens (primary N) is 1. The number of halogens is 4. The molecule has 0 aliphatic heterocycles. The summed E-state index contributed by atoms with van der Waals surface area (Å²) in [6, 6.07) is 3.31. The fourth-order valence-electron chi connectivity index (χ4n) is 1.32. The van der Waals surface area contributed by atoms with Crippen LogP contribution in [0.15, 0.2) is 18.2 Å². The van der Waals surface area contributed by atoms with E-state index < -0.39 is 17.4 Å². The number of hydrogen-bond donors (Lipinski definition) is 1. The standard InChI is InChI=1S/C11H13F4NOS/c1-7(16)9-6-8(12)2-3-10(9)17-4-5-18-11(13,14)15/h2-3,6-7H,4-5,16H2,1H3/t7-/m0/s1. The van der Waals surface area contributed by atoms with Crippen LogP contribution < -0.4 is 10.5 Å². The molecule has 102 valence electrons. The van der Waals surface area contributed by atoms with Gasteiger partial charge in [0.2, 0.25) is 0 Å². The highest BCUT2D eigenvalue weighted by molar-refractivity contribution is 8.00. The van der Waals surface area contributed by atoms with Crippen molar-refractivity contribution in [2.75, 3.05) is 12.4 Å². The van der Waals surface area contributed by atoms with E-state index in [1.807, 2.05) is 0 Å². The van der Waals surface area contributed by atoms with Crippen LogP contribution in [0.5, 0.6) is 5.75 Å². The Morgan fingerprint density at radius 2 is 2.06 bits per heavy atom. The lowest BCUT2D eigenvalue weighted by Gasteiger charge is -2.14. The van der Waals surface area contributed by atoms with E-state index in [-0.39, 0.29) is 24.1 Å². The molecule has 0 unspecified atom stereocenters. The van der Waals surface area contributed by atoms with Gasteiger partial charge in [-0.3, -0.25) is 0 Å². The quantitative estimate of drug-likeness (QED) is 0.664. The predicted octanol–water partition coefficient (Wildman–Crippen LogP) is 3.48. The maximum Gasteiger partial charge on any atom is 0.441 e. The largest absolute Gasteiger partial charge is 0.492 e. The molecule has 7 heteroatoms. The summed E-state index contributed by atoms with van der Waals surface area (Å²) in [4.78, 5) is 0. The molecule has 18 heavy (non-hydrogen) atoms. The average molecular weight is 283 g/mol. The highest BCUT2D eigenvalue weighted by atomic mass is 32.2. The Kier molecular flexibility index (Phi) is 5.28. The maximum absolute atomic E-state index is 13.0. The van der Waals surface area contributed by atoms with Gasteiger partial charge in [0.1, 0.15) is 11.6 Å². The average Bonchev–Trinajstić information content (AvgIpc) is 2.24. The second-order valence-corrected chi connectivity index (χ2v) is 4.77. The van der Waals surface area contributed by atoms with Gasteiger partial charge in [-0.1, -0.05) is 0 Å². The predicted molar refractivity (Wildman–Crippen MR) is 63.0 cm³/mol. The highest BCUT2D eigenvalue weighted by Crippen LogP contribution is 2.30. The van der Waals surface area contributed by atoms with Crippen LogP contribution in [0.3, 0.4) is 0 Å². The van der Waals surface area contributed by atoms with E-state index in [2.05, 4.69) is 0 Å². The Bertz CT molecular complexity index is 395. The van der Waals surface area contributed by atoms with Gasteiger partial charge in [0, 0.05) is 17.4 Å². The number of thioether (sulfide) groups is 1. The van der Waals surface area contributed by atoms with Gasteiger partial charge in [-0.2, -0.15) is 13.2 Å². The van der Waals surface area contributed by atoms with Gasteiger partial charge in [0.15, 0.2) is 0 Å². The zero-order chi connectivity index (χ0) is 13.8. The summed E-state index contributed by atoms with van der Waals surface area (Å²) in [7, 11) is 0. The molecule has 0 fully saturated rings. The van der Waals surface area contributed by atoms with Gasteiger partial charge in [0.05, 0.1) is 6.61 Å². The summed E-state index contributed by atoms with van der Waals surface area (Å²) in [5.74, 6) is -0.368. The van der Waals surface area contributed by atoms with Crippen molar-refractivity contribution in [3.05, 3.63) is 29.6 Å². The number of rotatable bonds is 5. The van der Waals surface area contributed by atoms with Crippen LogP contribution in [-0.4, -0.2) is 17.9 Å². The van der Waals surface area contributed by atoms with E-state index in [4.69, 9.17) is 10.5 Å². The molecule has 0 saturated heterocycles. The molecular weight excluding hydrogens is 270 g/mol. The number of benzene rings is 1. The molecule has 2 nitrogen and oxygen atoms in total. The van der Waals surface area contributed by atoms with Gasteiger partial charge in [-0.15, -0.1) is 0 Å². The Morgan fingerprint density at radius 3 is 2.61 bits per heavy atom. The summed E-state index contributed by atoms with van der Waals surface area (Å²) in [5.41, 5.74) is 1.79. The van der Waals surface area contributed by atoms with Crippen molar-refractivity contribution in [2.24, 2.45) is 5.73 Å². The van der Waals surface area contributed by atoms with E-state index in [1.54, 1.807) is 6.92 Å². The number of alkyl halides is 3. The first-order valence-corrected chi connectivity index (χ1v) is 6.16. The topological polar surface area (TPSA) is 35.2 Å². The van der Waals surface area contributed by atoms with Crippen molar-refractivity contribution >= 4 is 11.8 Å². The van der Waals surface area contributed by atoms with E-state index in [0.717, 1.165) is 0 Å². The number of ether oxygens (including phenoxy) is 1. The van der Waals surface area contributed by atoms with Gasteiger partial charge < -0.3 is 10.5 Å². The fraction of sp³-hybridized carbons (Fsp3) is 0.455. The Labute approximate surface area is 106 Å². The summed E-state index contributed by atoms with van der Waals surface area (Å²) in [6.07, 6.45) is 0. The molecule has 0 bridgehead atoms. The van der Waals surface area contributed by atoms with Crippen LogP contribution in [0, 0.1) is 5.82 Å². The summed E-state index contributed by atoms with van der Waals surface area (Å²) >= 11 is -0.160. The third-order valence-corrected chi connectivity index (χ3v) is 2.77. The molecule has 0 aromatic heterocycles. The van der Waals surface area contributed by atoms with Crippen LogP contribution in [0.1, 0.15) is 18.5 Å². The van der Waals surface area contributed by atoms with Gasteiger partial charge in [-0.05, 0) is 36.9 Å². The minimum atomic E-state index is -4.27. The first kappa shape index (κ1) is 15.1. The lowest BCUT2D eigenvalue weighted by atomic mass is 10.1. The maximum atomic E-state index is 13.0. The fourth-order valence-corrected chi connectivity index (χ4v) is 1.71. The molecule has 0 saturated carbocycles. The molecule has 0 aliphatic carbocycles. The Morgan fingerprint density at radius 1 is 1.39 bits per heavy atom. The molecule has 0 aliphatic rings. The second kappa shape index (κ2) is 6.29. The third kappa shape index (κ3) is 5.14. The molecular formula is C11H13F4NOS. The van der Waals surface area contributed by atoms with Gasteiger partial charge >= 0.3 is 5.51 Å². The van der Waals surface area contributed by atoms with Crippen LogP contribution in [0.25, 0.3) is 0 Å². The molecule has 1 aromatic rings. The summed E-state index contributed by atoms with van der Waals surface area (Å²) in [6.45, 7) is 1.53. The van der Waals surface area contributed by atoms with Gasteiger partial charge in [0.25, 0.3) is 0 Å². The molecule has 0 amide bonds. The van der Waals surface area contributed by atoms with Crippen LogP contribution in [-0.2, 0) is 0 Å². The first-order chi connectivity index (χ1) is 8.29. The SMILES string of the molecule is C[C@H](N)c1cc(F)ccc1OCCSC(F)(F)F. The molecule has 0 spiro atoms. The van der Waals surface area contributed by atoms with Crippen molar-refractivity contribution in [1.29, 1.82) is 0 Å². The van der Waals surface area contributed by atoms with Crippen LogP contribution in [0.4, 0.5) is 17.6 Å². The Hall–Kier alpha value is -0.950. The smallest absolute Gasteiger partial charge is 0.441 e. The van der Waals surface area contributed by atoms with Crippen molar-refractivity contribution in [1.82, 2.24) is 0 Å². The van der Waals surface area contributed by atoms with E-state index in [0.29, 0.717) is 11.3 Å². The Balaban J connectivity index is 2.57. The molecule has 0 radical (unpaired) electrons. The lowest BCUT2D eigenvalue weighted by molar-refractivity contribution is -0.0329. The minimum absolute atomic E-state index is 0.116. The third-order valence-electron chi connectivity index (χ3n) is 2.07. The van der Waals surface area contributed by atoms with Crippen molar-refractivity contribution in [2.45, 2.75) is 18.5 Å². The monoisotopic (exact) mass is 283 g/mol. The minimum Gasteiger partial charge on any atom is -0.492 e. The molecule has 1 aromatic carbocycles. The zero-order valence-corrected chi connectivity index (χ0v) is 10.4. The second-order valence-electron chi connectivity index (χ2n) is 3.61. The van der Waals surface area contributed by atoms with Crippen molar-refractivity contribution in [3.63, 3.8) is 0 Å². The van der Waals surface area contributed by atoms with E-state index in [9.17, 15) is 17.6 Å². The molecule has 1 atom stereocenters. The number of hydrogen-bond acceptors (Lipinski definition) is 3. The first-order valence-electron chi connectivity index (χ1n) is 5.18. The summed E-state index contributed by atoms with van der Waals surface area (Å²) in [5, 5.41) is 0.